The number of nitrogens with one attached hydrogen (secondary N) is 4. The van der Waals surface area contributed by atoms with Crippen LogP contribution in [0, 0.1) is 0 Å². The molecule has 1 aliphatic heterocycles. The molecule has 44 heavy (non-hydrogen) atoms. The molecule has 9 rings (SSSR count). The SMILES string of the molecule is Oc1ccc2c3[nH]c(c2c1)N=c1[nH]c(c2ccc(O)cc12)=Nc1[nH]c(c2cc(O)ccc12)N=c1[nH]c(c2ccc(O)cc12)=N3. The van der Waals surface area contributed by atoms with Gasteiger partial charge in [-0.2, -0.15) is 0 Å². The maximum atomic E-state index is 10.4. The van der Waals surface area contributed by atoms with Crippen molar-refractivity contribution >= 4 is 66.4 Å². The van der Waals surface area contributed by atoms with Crippen molar-refractivity contribution in [3.63, 3.8) is 0 Å². The quantitative estimate of drug-likeness (QED) is 0.130. The van der Waals surface area contributed by atoms with E-state index in [0.29, 0.717) is 88.3 Å². The molecule has 1 aliphatic rings. The molecule has 0 fully saturated rings. The Hall–Kier alpha value is -6.56. The first-order valence-electron chi connectivity index (χ1n) is 13.6. The molecule has 0 unspecified atom stereocenters. The van der Waals surface area contributed by atoms with Gasteiger partial charge in [0.25, 0.3) is 0 Å². The lowest BCUT2D eigenvalue weighted by Gasteiger charge is -1.95. The minimum absolute atomic E-state index is 0.0668. The van der Waals surface area contributed by atoms with Gasteiger partial charge in [0.2, 0.25) is 0 Å². The zero-order chi connectivity index (χ0) is 29.7. The fraction of sp³-hybridized carbons (Fsp3) is 0. The Morgan fingerprint density at radius 3 is 1.00 bits per heavy atom. The summed E-state index contributed by atoms with van der Waals surface area (Å²) >= 11 is 0. The standard InChI is InChI=1S/C32H20N8O4/c41-13-1-5-17-21(9-13)29-35-25(17)33-26-18-6-2-14(42)10-22(18)31(36-26)40-32-24-12-16(44)4-8-20(24)28(38-32)34-27-19-7-3-15(43)11-23(19)30(37-27)39-29/h1-12,41-44H,(H4,33,34,35,36,37,38,39,40). The largest absolute Gasteiger partial charge is 0.508 e. The van der Waals surface area contributed by atoms with Crippen LogP contribution < -0.4 is 22.0 Å². The molecule has 12 heteroatoms. The van der Waals surface area contributed by atoms with Crippen molar-refractivity contribution in [1.82, 2.24) is 19.9 Å². The number of rotatable bonds is 0. The molecular weight excluding hydrogens is 560 g/mol. The molecule has 0 saturated heterocycles. The Bertz CT molecular complexity index is 2590. The number of aromatic hydroxyl groups is 4. The normalized spacial score (nSPS) is 12.7. The minimum Gasteiger partial charge on any atom is -0.508 e. The smallest absolute Gasteiger partial charge is 0.142 e. The van der Waals surface area contributed by atoms with Gasteiger partial charge in [-0.25, -0.2) is 20.0 Å². The molecule has 212 valence electrons. The van der Waals surface area contributed by atoms with Gasteiger partial charge in [0, 0.05) is 43.1 Å². The first-order chi connectivity index (χ1) is 21.4. The second-order valence-electron chi connectivity index (χ2n) is 10.7. The second kappa shape index (κ2) is 8.49. The van der Waals surface area contributed by atoms with Crippen LogP contribution in [-0.2, 0) is 0 Å². The first-order valence-corrected chi connectivity index (χ1v) is 13.6. The van der Waals surface area contributed by atoms with Crippen molar-refractivity contribution in [2.75, 3.05) is 0 Å². The lowest BCUT2D eigenvalue weighted by Crippen LogP contribution is -2.10. The Balaban J connectivity index is 1.51. The Morgan fingerprint density at radius 2 is 0.614 bits per heavy atom. The lowest BCUT2D eigenvalue weighted by atomic mass is 10.2. The molecular formula is C32H20N8O4. The van der Waals surface area contributed by atoms with E-state index in [1.54, 1.807) is 72.8 Å². The van der Waals surface area contributed by atoms with Gasteiger partial charge in [-0.1, -0.05) is 0 Å². The van der Waals surface area contributed by atoms with E-state index in [-0.39, 0.29) is 23.0 Å². The Morgan fingerprint density at radius 1 is 0.318 bits per heavy atom. The van der Waals surface area contributed by atoms with Gasteiger partial charge in [0.15, 0.2) is 0 Å². The van der Waals surface area contributed by atoms with E-state index >= 15 is 0 Å². The third-order valence-electron chi connectivity index (χ3n) is 7.90. The number of hydrogen-bond donors (Lipinski definition) is 8. The van der Waals surface area contributed by atoms with E-state index in [1.165, 1.54) is 0 Å². The number of phenols is 4. The summed E-state index contributed by atoms with van der Waals surface area (Å²) in [6.07, 6.45) is 0. The van der Waals surface area contributed by atoms with E-state index in [4.69, 9.17) is 20.0 Å². The molecule has 8 bridgehead atoms. The molecule has 4 aromatic heterocycles. The first kappa shape index (κ1) is 24.1. The minimum atomic E-state index is 0.0668. The van der Waals surface area contributed by atoms with E-state index in [9.17, 15) is 20.4 Å². The van der Waals surface area contributed by atoms with E-state index in [0.717, 1.165) is 0 Å². The highest BCUT2D eigenvalue weighted by Crippen LogP contribution is 2.37. The van der Waals surface area contributed by atoms with Crippen molar-refractivity contribution in [3.05, 3.63) is 94.7 Å². The molecule has 8 N–H and O–H groups in total. The number of benzene rings is 4. The second-order valence-corrected chi connectivity index (χ2v) is 10.7. The van der Waals surface area contributed by atoms with Crippen molar-refractivity contribution < 1.29 is 20.4 Å². The third-order valence-corrected chi connectivity index (χ3v) is 7.90. The molecule has 4 aromatic carbocycles. The molecule has 0 spiro atoms. The van der Waals surface area contributed by atoms with Crippen LogP contribution in [0.1, 0.15) is 0 Å². The highest BCUT2D eigenvalue weighted by Gasteiger charge is 2.16. The Labute approximate surface area is 244 Å². The average Bonchev–Trinajstić information content (AvgIpc) is 3.71. The third kappa shape index (κ3) is 3.51. The number of aromatic nitrogens is 4. The maximum absolute atomic E-state index is 10.4. The summed E-state index contributed by atoms with van der Waals surface area (Å²) in [6.45, 7) is 0. The summed E-state index contributed by atoms with van der Waals surface area (Å²) in [5.74, 6) is 2.09. The monoisotopic (exact) mass is 580 g/mol. The van der Waals surface area contributed by atoms with Gasteiger partial charge in [-0.05, 0) is 72.8 Å². The van der Waals surface area contributed by atoms with Crippen LogP contribution in [0.25, 0.3) is 43.1 Å². The molecule has 12 nitrogen and oxygen atoms in total. The zero-order valence-electron chi connectivity index (χ0n) is 22.5. The topological polar surface area (TPSA) is 194 Å². The van der Waals surface area contributed by atoms with Crippen LogP contribution in [0.15, 0.2) is 92.8 Å². The van der Waals surface area contributed by atoms with Crippen molar-refractivity contribution in [1.29, 1.82) is 0 Å². The van der Waals surface area contributed by atoms with Crippen LogP contribution in [0.2, 0.25) is 0 Å². The number of fused-ring (bicyclic) bond motifs is 20. The molecule has 8 aromatic rings. The van der Waals surface area contributed by atoms with Crippen molar-refractivity contribution in [2.24, 2.45) is 20.0 Å². The molecule has 5 heterocycles. The average molecular weight is 581 g/mol. The number of nitrogens with zero attached hydrogens (tertiary/aromatic N) is 4. The summed E-state index contributed by atoms with van der Waals surface area (Å²) in [5, 5.41) is 46.8. The maximum Gasteiger partial charge on any atom is 0.142 e. The summed E-state index contributed by atoms with van der Waals surface area (Å²) in [6, 6.07) is 19.8. The fourth-order valence-corrected chi connectivity index (χ4v) is 5.88. The highest BCUT2D eigenvalue weighted by atomic mass is 16.3. The molecule has 0 aliphatic carbocycles. The summed E-state index contributed by atoms with van der Waals surface area (Å²) in [7, 11) is 0. The van der Waals surface area contributed by atoms with Crippen LogP contribution in [0.5, 0.6) is 23.0 Å². The lowest BCUT2D eigenvalue weighted by molar-refractivity contribution is 0.475. The summed E-state index contributed by atoms with van der Waals surface area (Å²) < 4.78 is 0. The number of aromatic amines is 4. The van der Waals surface area contributed by atoms with E-state index < -0.39 is 0 Å². The Kier molecular flexibility index (Phi) is 4.64. The van der Waals surface area contributed by atoms with Crippen LogP contribution in [0.3, 0.4) is 0 Å². The van der Waals surface area contributed by atoms with Crippen LogP contribution in [-0.4, -0.2) is 40.4 Å². The zero-order valence-corrected chi connectivity index (χ0v) is 22.5. The van der Waals surface area contributed by atoms with Crippen LogP contribution in [0.4, 0.5) is 23.3 Å². The van der Waals surface area contributed by atoms with Gasteiger partial charge >= 0.3 is 0 Å². The van der Waals surface area contributed by atoms with Gasteiger partial charge in [0.1, 0.15) is 68.2 Å². The van der Waals surface area contributed by atoms with Crippen LogP contribution >= 0.6 is 0 Å². The summed E-state index contributed by atoms with van der Waals surface area (Å²) in [5.41, 5.74) is 1.83. The van der Waals surface area contributed by atoms with Crippen molar-refractivity contribution in [2.45, 2.75) is 0 Å². The predicted molar refractivity (Wildman–Crippen MR) is 163 cm³/mol. The number of phenolic OH excluding ortho intramolecular Hbond substituents is 4. The predicted octanol–water partition coefficient (Wildman–Crippen LogP) is 4.55. The van der Waals surface area contributed by atoms with E-state index in [2.05, 4.69) is 19.9 Å². The molecule has 0 amide bonds. The molecule has 0 atom stereocenters. The number of H-pyrrole nitrogens is 4. The van der Waals surface area contributed by atoms with E-state index in [1.807, 2.05) is 0 Å². The van der Waals surface area contributed by atoms with Gasteiger partial charge in [0.05, 0.1) is 0 Å². The number of hydrogen-bond acceptors (Lipinski definition) is 8. The van der Waals surface area contributed by atoms with Gasteiger partial charge in [-0.15, -0.1) is 0 Å². The summed E-state index contributed by atoms with van der Waals surface area (Å²) in [4.78, 5) is 32.8. The fourth-order valence-electron chi connectivity index (χ4n) is 5.88. The molecule has 0 saturated carbocycles. The van der Waals surface area contributed by atoms with Gasteiger partial charge in [-0.3, -0.25) is 0 Å². The van der Waals surface area contributed by atoms with Gasteiger partial charge < -0.3 is 40.4 Å². The van der Waals surface area contributed by atoms with Crippen molar-refractivity contribution in [3.8, 4) is 23.0 Å². The highest BCUT2D eigenvalue weighted by molar-refractivity contribution is 6.02. The molecule has 0 radical (unpaired) electrons.